The fraction of sp³-hybridized carbons (Fsp3) is 0.417. The number of halogens is 1. The van der Waals surface area contributed by atoms with Gasteiger partial charge in [0.25, 0.3) is 0 Å². The van der Waals surface area contributed by atoms with Crippen LogP contribution < -0.4 is 4.90 Å². The van der Waals surface area contributed by atoms with Gasteiger partial charge >= 0.3 is 0 Å². The topological polar surface area (TPSA) is 37.4 Å². The van der Waals surface area contributed by atoms with Crippen molar-refractivity contribution in [1.29, 1.82) is 0 Å². The van der Waals surface area contributed by atoms with Gasteiger partial charge in [-0.15, -0.1) is 0 Å². The lowest BCUT2D eigenvalue weighted by molar-refractivity contribution is 0.101. The zero-order valence-electron chi connectivity index (χ0n) is 9.61. The Labute approximate surface area is 108 Å². The lowest BCUT2D eigenvalue weighted by atomic mass is 10.1. The van der Waals surface area contributed by atoms with Crippen LogP contribution in [0.5, 0.6) is 0 Å². The van der Waals surface area contributed by atoms with Gasteiger partial charge < -0.3 is 4.90 Å². The lowest BCUT2D eigenvalue weighted by Gasteiger charge is -2.29. The van der Waals surface area contributed by atoms with Crippen molar-refractivity contribution in [3.05, 3.63) is 28.8 Å². The molecule has 3 nitrogen and oxygen atoms in total. The van der Waals surface area contributed by atoms with Gasteiger partial charge in [0, 0.05) is 41.0 Å². The Hall–Kier alpha value is -0.870. The number of nitrogens with zero attached hydrogens (tertiary/aromatic N) is 1. The largest absolute Gasteiger partial charge is 0.368 e. The number of ketones is 1. The average Bonchev–Trinajstić information content (AvgIpc) is 2.30. The van der Waals surface area contributed by atoms with Crippen LogP contribution in [-0.2, 0) is 10.8 Å². The highest BCUT2D eigenvalue weighted by Crippen LogP contribution is 2.27. The molecular formula is C12H14ClNO2S. The standard InChI is InChI=1S/C12H14ClNO2S/c1-9(15)10-2-3-12(11(13)8-10)14-4-6-17(16)7-5-14/h2-3,8H,4-7H2,1H3. The van der Waals surface area contributed by atoms with E-state index >= 15 is 0 Å². The summed E-state index contributed by atoms with van der Waals surface area (Å²) in [5.74, 6) is 1.38. The molecular weight excluding hydrogens is 258 g/mol. The summed E-state index contributed by atoms with van der Waals surface area (Å²) in [5, 5.41) is 0.588. The minimum absolute atomic E-state index is 0.0122. The van der Waals surface area contributed by atoms with E-state index in [0.717, 1.165) is 18.8 Å². The highest BCUT2D eigenvalue weighted by atomic mass is 35.5. The molecule has 5 heteroatoms. The molecule has 1 fully saturated rings. The summed E-state index contributed by atoms with van der Waals surface area (Å²) < 4.78 is 11.3. The van der Waals surface area contributed by atoms with Gasteiger partial charge in [0.05, 0.1) is 10.7 Å². The van der Waals surface area contributed by atoms with Gasteiger partial charge in [0.1, 0.15) is 0 Å². The van der Waals surface area contributed by atoms with Crippen LogP contribution in [0.2, 0.25) is 5.02 Å². The lowest BCUT2D eigenvalue weighted by Crippen LogP contribution is -2.37. The molecule has 0 spiro atoms. The Bertz CT molecular complexity index is 466. The van der Waals surface area contributed by atoms with Crippen LogP contribution in [0, 0.1) is 0 Å². The predicted molar refractivity (Wildman–Crippen MR) is 71.5 cm³/mol. The number of rotatable bonds is 2. The summed E-state index contributed by atoms with van der Waals surface area (Å²) in [5.41, 5.74) is 1.55. The van der Waals surface area contributed by atoms with Crippen molar-refractivity contribution < 1.29 is 9.00 Å². The first-order valence-electron chi connectivity index (χ1n) is 5.48. The van der Waals surface area contributed by atoms with Gasteiger partial charge in [-0.1, -0.05) is 11.6 Å². The predicted octanol–water partition coefficient (Wildman–Crippen LogP) is 2.11. The molecule has 17 heavy (non-hydrogen) atoms. The summed E-state index contributed by atoms with van der Waals surface area (Å²) >= 11 is 6.17. The molecule has 0 radical (unpaired) electrons. The normalized spacial score (nSPS) is 17.2. The third-order valence-corrected chi connectivity index (χ3v) is 4.45. The van der Waals surface area contributed by atoms with E-state index in [4.69, 9.17) is 11.6 Å². The molecule has 1 saturated heterocycles. The summed E-state index contributed by atoms with van der Waals surface area (Å²) in [4.78, 5) is 13.3. The maximum atomic E-state index is 11.3. The Balaban J connectivity index is 2.21. The number of benzene rings is 1. The number of Topliss-reactive ketones (excluding diaryl/α,β-unsaturated/α-hetero) is 1. The minimum atomic E-state index is -0.692. The number of carbonyl (C=O) groups excluding carboxylic acids is 1. The van der Waals surface area contributed by atoms with Crippen molar-refractivity contribution >= 4 is 33.9 Å². The van der Waals surface area contributed by atoms with Gasteiger partial charge in [-0.25, -0.2) is 0 Å². The van der Waals surface area contributed by atoms with Gasteiger partial charge in [0.15, 0.2) is 5.78 Å². The fourth-order valence-electron chi connectivity index (χ4n) is 1.86. The molecule has 0 atom stereocenters. The highest BCUT2D eigenvalue weighted by Gasteiger charge is 2.18. The van der Waals surface area contributed by atoms with Crippen LogP contribution in [0.3, 0.4) is 0 Å². The Kier molecular flexibility index (Phi) is 3.84. The first-order valence-corrected chi connectivity index (χ1v) is 7.35. The second kappa shape index (κ2) is 5.19. The zero-order chi connectivity index (χ0) is 12.4. The second-order valence-electron chi connectivity index (χ2n) is 4.06. The van der Waals surface area contributed by atoms with Gasteiger partial charge in [0.2, 0.25) is 0 Å². The van der Waals surface area contributed by atoms with Crippen LogP contribution in [0.1, 0.15) is 17.3 Å². The SMILES string of the molecule is CC(=O)c1ccc(N2CCS(=O)CC2)c(Cl)c1. The highest BCUT2D eigenvalue weighted by molar-refractivity contribution is 7.85. The third kappa shape index (κ3) is 2.87. The zero-order valence-corrected chi connectivity index (χ0v) is 11.2. The van der Waals surface area contributed by atoms with Crippen molar-refractivity contribution in [2.24, 2.45) is 0 Å². The van der Waals surface area contributed by atoms with Crippen LogP contribution in [0.15, 0.2) is 18.2 Å². The van der Waals surface area contributed by atoms with Crippen LogP contribution >= 0.6 is 11.6 Å². The van der Waals surface area contributed by atoms with Crippen LogP contribution in [0.4, 0.5) is 5.69 Å². The van der Waals surface area contributed by atoms with Crippen LogP contribution in [0.25, 0.3) is 0 Å². The minimum Gasteiger partial charge on any atom is -0.368 e. The Morgan fingerprint density at radius 2 is 2.00 bits per heavy atom. The fourth-order valence-corrected chi connectivity index (χ4v) is 3.21. The van der Waals surface area contributed by atoms with Crippen molar-refractivity contribution in [2.45, 2.75) is 6.92 Å². The van der Waals surface area contributed by atoms with Crippen molar-refractivity contribution in [3.63, 3.8) is 0 Å². The van der Waals surface area contributed by atoms with E-state index in [0.29, 0.717) is 22.1 Å². The molecule has 0 unspecified atom stereocenters. The summed E-state index contributed by atoms with van der Waals surface area (Å²) in [6.07, 6.45) is 0. The van der Waals surface area contributed by atoms with E-state index in [1.807, 2.05) is 6.07 Å². The number of hydrogen-bond acceptors (Lipinski definition) is 3. The van der Waals surface area contributed by atoms with Gasteiger partial charge in [-0.05, 0) is 25.1 Å². The van der Waals surface area contributed by atoms with E-state index in [-0.39, 0.29) is 5.78 Å². The van der Waals surface area contributed by atoms with E-state index < -0.39 is 10.8 Å². The van der Waals surface area contributed by atoms with E-state index in [9.17, 15) is 9.00 Å². The molecule has 0 N–H and O–H groups in total. The van der Waals surface area contributed by atoms with E-state index in [1.54, 1.807) is 12.1 Å². The van der Waals surface area contributed by atoms with Gasteiger partial charge in [-0.3, -0.25) is 9.00 Å². The molecule has 1 aliphatic heterocycles. The van der Waals surface area contributed by atoms with Crippen molar-refractivity contribution in [1.82, 2.24) is 0 Å². The second-order valence-corrected chi connectivity index (χ2v) is 6.16. The smallest absolute Gasteiger partial charge is 0.159 e. The molecule has 0 bridgehead atoms. The molecule has 1 aliphatic rings. The average molecular weight is 272 g/mol. The maximum Gasteiger partial charge on any atom is 0.159 e. The Morgan fingerprint density at radius 3 is 2.53 bits per heavy atom. The summed E-state index contributed by atoms with van der Waals surface area (Å²) in [7, 11) is -0.692. The van der Waals surface area contributed by atoms with E-state index in [2.05, 4.69) is 4.90 Å². The van der Waals surface area contributed by atoms with Crippen molar-refractivity contribution in [2.75, 3.05) is 29.5 Å². The number of carbonyl (C=O) groups is 1. The summed E-state index contributed by atoms with van der Waals surface area (Å²) in [6.45, 7) is 3.03. The third-order valence-electron chi connectivity index (χ3n) is 2.87. The molecule has 2 rings (SSSR count). The molecule has 92 valence electrons. The molecule has 1 aromatic rings. The molecule has 0 aromatic heterocycles. The first-order chi connectivity index (χ1) is 8.08. The van der Waals surface area contributed by atoms with Crippen molar-refractivity contribution in [3.8, 4) is 0 Å². The van der Waals surface area contributed by atoms with E-state index in [1.165, 1.54) is 6.92 Å². The molecule has 1 aromatic carbocycles. The van der Waals surface area contributed by atoms with Crippen LogP contribution in [-0.4, -0.2) is 34.6 Å². The summed E-state index contributed by atoms with van der Waals surface area (Å²) in [6, 6.07) is 5.35. The monoisotopic (exact) mass is 271 g/mol. The molecule has 0 aliphatic carbocycles. The first kappa shape index (κ1) is 12.6. The maximum absolute atomic E-state index is 11.3. The molecule has 0 saturated carbocycles. The molecule has 1 heterocycles. The Morgan fingerprint density at radius 1 is 1.35 bits per heavy atom. The number of hydrogen-bond donors (Lipinski definition) is 0. The quantitative estimate of drug-likeness (QED) is 0.773. The van der Waals surface area contributed by atoms with Gasteiger partial charge in [-0.2, -0.15) is 0 Å². The molecule has 0 amide bonds. The number of anilines is 1.